The van der Waals surface area contributed by atoms with Crippen molar-refractivity contribution in [1.82, 2.24) is 0 Å². The van der Waals surface area contributed by atoms with Crippen LogP contribution in [0.1, 0.15) is 21.5 Å². The predicted octanol–water partition coefficient (Wildman–Crippen LogP) is 4.56. The Morgan fingerprint density at radius 2 is 0.880 bits per heavy atom. The largest absolute Gasteiger partial charge is 0.478 e. The molecule has 0 unspecified atom stereocenters. The Labute approximate surface area is 145 Å². The van der Waals surface area contributed by atoms with E-state index in [1.54, 1.807) is 72.8 Å². The van der Waals surface area contributed by atoms with Crippen molar-refractivity contribution in [2.75, 3.05) is 0 Å². The molecule has 0 aliphatic heterocycles. The van der Waals surface area contributed by atoms with E-state index in [9.17, 15) is 14.7 Å². The lowest BCUT2D eigenvalue weighted by atomic mass is 9.89. The number of ketones is 1. The second-order valence-electron chi connectivity index (χ2n) is 5.48. The number of carboxylic acid groups (broad SMARTS) is 1. The lowest BCUT2D eigenvalue weighted by Gasteiger charge is -2.13. The Bertz CT molecular complexity index is 911. The second kappa shape index (κ2) is 7.41. The van der Waals surface area contributed by atoms with Crippen LogP contribution in [0.25, 0.3) is 11.1 Å². The summed E-state index contributed by atoms with van der Waals surface area (Å²) in [5.74, 6) is -1.44. The van der Waals surface area contributed by atoms with Crippen molar-refractivity contribution in [2.24, 2.45) is 0 Å². The van der Waals surface area contributed by atoms with Crippen molar-refractivity contribution in [3.8, 4) is 0 Å². The van der Waals surface area contributed by atoms with Crippen molar-refractivity contribution in [3.05, 3.63) is 108 Å². The molecule has 3 rings (SSSR count). The number of hydrogen-bond acceptors (Lipinski definition) is 2. The molecule has 0 aromatic heterocycles. The van der Waals surface area contributed by atoms with E-state index in [1.807, 2.05) is 18.2 Å². The van der Waals surface area contributed by atoms with Crippen molar-refractivity contribution in [1.29, 1.82) is 0 Å². The minimum atomic E-state index is -1.13. The minimum Gasteiger partial charge on any atom is -0.478 e. The van der Waals surface area contributed by atoms with Crippen LogP contribution >= 0.6 is 0 Å². The van der Waals surface area contributed by atoms with Crippen LogP contribution in [-0.2, 0) is 4.79 Å². The molecule has 1 N–H and O–H groups in total. The first-order chi connectivity index (χ1) is 12.2. The van der Waals surface area contributed by atoms with Gasteiger partial charge in [-0.15, -0.1) is 0 Å². The molecule has 0 atom stereocenters. The number of carboxylic acids is 1. The van der Waals surface area contributed by atoms with Gasteiger partial charge in [-0.3, -0.25) is 4.79 Å². The number of allylic oxidation sites excluding steroid dienone is 1. The van der Waals surface area contributed by atoms with Crippen LogP contribution in [0.5, 0.6) is 0 Å². The number of carbonyl (C=O) groups excluding carboxylic acids is 1. The average molecular weight is 328 g/mol. The van der Waals surface area contributed by atoms with E-state index in [1.165, 1.54) is 0 Å². The number of carbonyl (C=O) groups is 2. The van der Waals surface area contributed by atoms with E-state index in [2.05, 4.69) is 0 Å². The number of aliphatic carboxylic acids is 1. The van der Waals surface area contributed by atoms with Gasteiger partial charge in [0.1, 0.15) is 0 Å². The summed E-state index contributed by atoms with van der Waals surface area (Å²) < 4.78 is 0. The lowest BCUT2D eigenvalue weighted by Crippen LogP contribution is -2.11. The SMILES string of the molecule is O=C(O)/C(=C(\C(=O)c1ccccc1)c1ccccc1)c1ccccc1. The molecule has 3 heteroatoms. The standard InChI is InChI=1S/C22H16O3/c23-21(18-14-8-3-9-15-18)19(16-10-4-1-5-11-16)20(22(24)25)17-12-6-2-7-13-17/h1-15H,(H,24,25)/b20-19-. The molecule has 0 saturated heterocycles. The molecular weight excluding hydrogens is 312 g/mol. The molecule has 25 heavy (non-hydrogen) atoms. The molecule has 0 heterocycles. The summed E-state index contributed by atoms with van der Waals surface area (Å²) >= 11 is 0. The van der Waals surface area contributed by atoms with Gasteiger partial charge in [0, 0.05) is 11.1 Å². The Morgan fingerprint density at radius 3 is 1.28 bits per heavy atom. The van der Waals surface area contributed by atoms with Gasteiger partial charge in [0.15, 0.2) is 5.78 Å². The zero-order chi connectivity index (χ0) is 17.6. The Hall–Kier alpha value is -3.46. The zero-order valence-corrected chi connectivity index (χ0v) is 13.4. The maximum atomic E-state index is 13.1. The highest BCUT2D eigenvalue weighted by Gasteiger charge is 2.24. The molecule has 3 aromatic rings. The molecule has 122 valence electrons. The van der Waals surface area contributed by atoms with Crippen LogP contribution < -0.4 is 0 Å². The maximum absolute atomic E-state index is 13.1. The van der Waals surface area contributed by atoms with Crippen LogP contribution in [0.15, 0.2) is 91.0 Å². The third-order valence-corrected chi connectivity index (χ3v) is 3.85. The topological polar surface area (TPSA) is 54.4 Å². The van der Waals surface area contributed by atoms with Gasteiger partial charge in [0.2, 0.25) is 0 Å². The maximum Gasteiger partial charge on any atom is 0.337 e. The van der Waals surface area contributed by atoms with Gasteiger partial charge >= 0.3 is 5.97 Å². The fourth-order valence-corrected chi connectivity index (χ4v) is 2.71. The van der Waals surface area contributed by atoms with Gasteiger partial charge in [-0.2, -0.15) is 0 Å². The van der Waals surface area contributed by atoms with E-state index in [0.717, 1.165) is 0 Å². The highest BCUT2D eigenvalue weighted by Crippen LogP contribution is 2.30. The molecule has 3 aromatic carbocycles. The van der Waals surface area contributed by atoms with Crippen LogP contribution in [-0.4, -0.2) is 16.9 Å². The first-order valence-electron chi connectivity index (χ1n) is 7.86. The molecule has 0 aliphatic carbocycles. The third-order valence-electron chi connectivity index (χ3n) is 3.85. The van der Waals surface area contributed by atoms with Crippen molar-refractivity contribution >= 4 is 22.9 Å². The highest BCUT2D eigenvalue weighted by atomic mass is 16.4. The third kappa shape index (κ3) is 3.56. The zero-order valence-electron chi connectivity index (χ0n) is 13.4. The van der Waals surface area contributed by atoms with Crippen LogP contribution in [0.4, 0.5) is 0 Å². The van der Waals surface area contributed by atoms with Crippen molar-refractivity contribution < 1.29 is 14.7 Å². The monoisotopic (exact) mass is 328 g/mol. The van der Waals surface area contributed by atoms with E-state index in [-0.39, 0.29) is 16.9 Å². The summed E-state index contributed by atoms with van der Waals surface area (Å²) in [7, 11) is 0. The van der Waals surface area contributed by atoms with Gasteiger partial charge < -0.3 is 5.11 Å². The smallest absolute Gasteiger partial charge is 0.337 e. The Kier molecular flexibility index (Phi) is 4.86. The molecule has 0 amide bonds. The lowest BCUT2D eigenvalue weighted by molar-refractivity contribution is -0.130. The molecule has 3 nitrogen and oxygen atoms in total. The molecule has 0 fully saturated rings. The summed E-state index contributed by atoms with van der Waals surface area (Å²) in [6.45, 7) is 0. The Morgan fingerprint density at radius 1 is 0.520 bits per heavy atom. The molecule has 0 radical (unpaired) electrons. The Balaban J connectivity index is 2.30. The van der Waals surface area contributed by atoms with Gasteiger partial charge in [-0.25, -0.2) is 4.79 Å². The number of Topliss-reactive ketones (excluding diaryl/α,β-unsaturated/α-hetero) is 1. The average Bonchev–Trinajstić information content (AvgIpc) is 2.67. The first-order valence-corrected chi connectivity index (χ1v) is 7.86. The molecule has 0 saturated carbocycles. The van der Waals surface area contributed by atoms with Crippen LogP contribution in [0.3, 0.4) is 0 Å². The van der Waals surface area contributed by atoms with E-state index in [4.69, 9.17) is 0 Å². The van der Waals surface area contributed by atoms with Gasteiger partial charge in [0.25, 0.3) is 0 Å². The van der Waals surface area contributed by atoms with Gasteiger partial charge in [0.05, 0.1) is 5.57 Å². The molecule has 0 aliphatic rings. The number of benzene rings is 3. The predicted molar refractivity (Wildman–Crippen MR) is 98.1 cm³/mol. The summed E-state index contributed by atoms with van der Waals surface area (Å²) in [6, 6.07) is 26.4. The first kappa shape index (κ1) is 16.4. The molecule has 0 bridgehead atoms. The van der Waals surface area contributed by atoms with E-state index in [0.29, 0.717) is 16.7 Å². The number of rotatable bonds is 5. The van der Waals surface area contributed by atoms with Crippen LogP contribution in [0, 0.1) is 0 Å². The summed E-state index contributed by atoms with van der Waals surface area (Å²) in [5.41, 5.74) is 1.72. The van der Waals surface area contributed by atoms with E-state index < -0.39 is 5.97 Å². The summed E-state index contributed by atoms with van der Waals surface area (Å²) in [4.78, 5) is 25.2. The fraction of sp³-hybridized carbons (Fsp3) is 0. The molecular formula is C22H16O3. The van der Waals surface area contributed by atoms with Crippen molar-refractivity contribution in [3.63, 3.8) is 0 Å². The fourth-order valence-electron chi connectivity index (χ4n) is 2.71. The van der Waals surface area contributed by atoms with Gasteiger partial charge in [-0.1, -0.05) is 91.0 Å². The molecule has 0 spiro atoms. The minimum absolute atomic E-state index is 0.000605. The van der Waals surface area contributed by atoms with E-state index >= 15 is 0 Å². The summed E-state index contributed by atoms with van der Waals surface area (Å²) in [6.07, 6.45) is 0. The normalized spacial score (nSPS) is 11.5. The quantitative estimate of drug-likeness (QED) is 0.424. The van der Waals surface area contributed by atoms with Gasteiger partial charge in [-0.05, 0) is 11.1 Å². The van der Waals surface area contributed by atoms with Crippen LogP contribution in [0.2, 0.25) is 0 Å². The summed E-state index contributed by atoms with van der Waals surface area (Å²) in [5, 5.41) is 9.84. The number of hydrogen-bond donors (Lipinski definition) is 1. The van der Waals surface area contributed by atoms with Crippen molar-refractivity contribution in [2.45, 2.75) is 0 Å². The second-order valence-corrected chi connectivity index (χ2v) is 5.48. The highest BCUT2D eigenvalue weighted by molar-refractivity contribution is 6.42.